The Labute approximate surface area is 72.7 Å². The first kappa shape index (κ1) is 8.91. The van der Waals surface area contributed by atoms with Crippen LogP contribution in [0, 0.1) is 0 Å². The summed E-state index contributed by atoms with van der Waals surface area (Å²) in [5.74, 6) is 0. The Kier molecular flexibility index (Phi) is 2.97. The molecule has 2 nitrogen and oxygen atoms in total. The Balaban J connectivity index is 2.73. The van der Waals surface area contributed by atoms with Gasteiger partial charge in [-0.2, -0.15) is 0 Å². The van der Waals surface area contributed by atoms with E-state index in [2.05, 4.69) is 24.1 Å². The molecule has 0 fully saturated rings. The van der Waals surface area contributed by atoms with Crippen molar-refractivity contribution in [3.05, 3.63) is 23.3 Å². The molecule has 0 aromatic heterocycles. The summed E-state index contributed by atoms with van der Waals surface area (Å²) in [7, 11) is 0. The summed E-state index contributed by atoms with van der Waals surface area (Å²) in [4.78, 5) is 13.8. The molecular weight excluding hydrogens is 150 g/mol. The number of nitrogens with zero attached hydrogens (tertiary/aromatic N) is 1. The fourth-order valence-corrected chi connectivity index (χ4v) is 1.23. The molecule has 0 spiro atoms. The van der Waals surface area contributed by atoms with E-state index < -0.39 is 0 Å². The molecule has 0 aliphatic heterocycles. The van der Waals surface area contributed by atoms with Crippen LogP contribution in [0.2, 0.25) is 0 Å². The van der Waals surface area contributed by atoms with Crippen molar-refractivity contribution in [2.75, 3.05) is 0 Å². The number of hydrogen-bond acceptors (Lipinski definition) is 1. The number of allylic oxidation sites excluding steroid dienone is 4. The third kappa shape index (κ3) is 1.91. The van der Waals surface area contributed by atoms with Crippen molar-refractivity contribution < 1.29 is 4.79 Å². The molecule has 1 amide bonds. The molecule has 0 aromatic rings. The van der Waals surface area contributed by atoms with Crippen LogP contribution in [-0.4, -0.2) is 12.1 Å². The van der Waals surface area contributed by atoms with Gasteiger partial charge < -0.3 is 0 Å². The minimum Gasteiger partial charge on any atom is -0.276 e. The van der Waals surface area contributed by atoms with E-state index in [1.807, 2.05) is 6.92 Å². The number of carbonyl (C=O) groups excluding carboxylic acids is 1. The number of hydrogen-bond donors (Lipinski definition) is 0. The van der Waals surface area contributed by atoms with Crippen molar-refractivity contribution in [3.63, 3.8) is 0 Å². The fraction of sp³-hybridized carbons (Fsp3) is 0.400. The zero-order valence-corrected chi connectivity index (χ0v) is 7.50. The third-order valence-electron chi connectivity index (χ3n) is 2.06. The summed E-state index contributed by atoms with van der Waals surface area (Å²) in [6.07, 6.45) is 6.91. The van der Waals surface area contributed by atoms with E-state index in [0.717, 1.165) is 24.1 Å². The summed E-state index contributed by atoms with van der Waals surface area (Å²) in [6, 6.07) is 0. The number of aliphatic imine (C=N–C) groups is 1. The fourth-order valence-electron chi connectivity index (χ4n) is 1.23. The molecule has 0 saturated carbocycles. The molecule has 0 atom stereocenters. The molecule has 0 radical (unpaired) electrons. The van der Waals surface area contributed by atoms with Crippen LogP contribution < -0.4 is 0 Å². The van der Waals surface area contributed by atoms with Crippen molar-refractivity contribution in [1.82, 2.24) is 0 Å². The van der Waals surface area contributed by atoms with Crippen molar-refractivity contribution in [3.8, 4) is 0 Å². The molecule has 1 aliphatic carbocycles. The summed E-state index contributed by atoms with van der Waals surface area (Å²) >= 11 is 0. The second kappa shape index (κ2) is 4.00. The van der Waals surface area contributed by atoms with Crippen LogP contribution in [0.1, 0.15) is 26.7 Å². The topological polar surface area (TPSA) is 29.4 Å². The van der Waals surface area contributed by atoms with Gasteiger partial charge in [0, 0.05) is 5.71 Å². The highest BCUT2D eigenvalue weighted by molar-refractivity contribution is 6.04. The molecule has 12 heavy (non-hydrogen) atoms. The standard InChI is InChI=1S/C10H13NO/c1-3-9-4-5-10(6-9)8(2)11-7-12/h5-7H,3-4H2,1-2H3/b11-8-. The van der Waals surface area contributed by atoms with Crippen molar-refractivity contribution >= 4 is 12.1 Å². The lowest BCUT2D eigenvalue weighted by atomic mass is 10.1. The van der Waals surface area contributed by atoms with E-state index in [1.165, 1.54) is 5.57 Å². The normalized spacial score (nSPS) is 17.3. The Morgan fingerprint density at radius 1 is 1.75 bits per heavy atom. The number of amides is 1. The van der Waals surface area contributed by atoms with Gasteiger partial charge in [-0.3, -0.25) is 4.79 Å². The maximum Gasteiger partial charge on any atom is 0.233 e. The molecule has 2 heteroatoms. The van der Waals surface area contributed by atoms with Crippen LogP contribution in [0.3, 0.4) is 0 Å². The second-order valence-corrected chi connectivity index (χ2v) is 2.84. The third-order valence-corrected chi connectivity index (χ3v) is 2.06. The van der Waals surface area contributed by atoms with Gasteiger partial charge in [0.15, 0.2) is 0 Å². The molecule has 0 bridgehead atoms. The maximum absolute atomic E-state index is 10.1. The van der Waals surface area contributed by atoms with E-state index in [-0.39, 0.29) is 0 Å². The van der Waals surface area contributed by atoms with Crippen molar-refractivity contribution in [2.24, 2.45) is 4.99 Å². The molecule has 0 aromatic carbocycles. The Morgan fingerprint density at radius 2 is 2.50 bits per heavy atom. The zero-order chi connectivity index (χ0) is 8.97. The summed E-state index contributed by atoms with van der Waals surface area (Å²) < 4.78 is 0. The van der Waals surface area contributed by atoms with Gasteiger partial charge in [-0.15, -0.1) is 0 Å². The minimum atomic E-state index is 0.591. The smallest absolute Gasteiger partial charge is 0.233 e. The first-order valence-electron chi connectivity index (χ1n) is 4.16. The van der Waals surface area contributed by atoms with Crippen LogP contribution in [-0.2, 0) is 4.79 Å². The van der Waals surface area contributed by atoms with E-state index in [1.54, 1.807) is 0 Å². The molecule has 0 unspecified atom stereocenters. The number of rotatable bonds is 3. The van der Waals surface area contributed by atoms with Gasteiger partial charge >= 0.3 is 0 Å². The number of carbonyl (C=O) groups is 1. The molecule has 1 rings (SSSR count). The average Bonchev–Trinajstić information content (AvgIpc) is 2.52. The van der Waals surface area contributed by atoms with E-state index >= 15 is 0 Å². The van der Waals surface area contributed by atoms with Crippen LogP contribution >= 0.6 is 0 Å². The van der Waals surface area contributed by atoms with Crippen LogP contribution in [0.15, 0.2) is 28.3 Å². The molecule has 0 saturated heterocycles. The lowest BCUT2D eigenvalue weighted by Crippen LogP contribution is -1.92. The largest absolute Gasteiger partial charge is 0.276 e. The Morgan fingerprint density at radius 3 is 3.00 bits per heavy atom. The molecule has 1 aliphatic rings. The van der Waals surface area contributed by atoms with Gasteiger partial charge in [0.25, 0.3) is 0 Å². The minimum absolute atomic E-state index is 0.591. The Hall–Kier alpha value is -1.18. The SMILES string of the molecule is CCC1=CC(/C(C)=N\C=O)=CC1. The van der Waals surface area contributed by atoms with Gasteiger partial charge in [-0.05, 0) is 25.3 Å². The summed E-state index contributed by atoms with van der Waals surface area (Å²) in [5.41, 5.74) is 3.32. The maximum atomic E-state index is 10.1. The van der Waals surface area contributed by atoms with Crippen LogP contribution in [0.4, 0.5) is 0 Å². The van der Waals surface area contributed by atoms with Gasteiger partial charge in [0.05, 0.1) is 0 Å². The van der Waals surface area contributed by atoms with Gasteiger partial charge in [0.1, 0.15) is 0 Å². The first-order chi connectivity index (χ1) is 5.77. The monoisotopic (exact) mass is 163 g/mol. The van der Waals surface area contributed by atoms with Gasteiger partial charge in [0.2, 0.25) is 6.41 Å². The Bertz CT molecular complexity index is 272. The quantitative estimate of drug-likeness (QED) is 0.463. The lowest BCUT2D eigenvalue weighted by Gasteiger charge is -1.94. The summed E-state index contributed by atoms with van der Waals surface area (Å²) in [6.45, 7) is 3.99. The van der Waals surface area contributed by atoms with Crippen molar-refractivity contribution in [2.45, 2.75) is 26.7 Å². The molecule has 64 valence electrons. The first-order valence-corrected chi connectivity index (χ1v) is 4.16. The van der Waals surface area contributed by atoms with E-state index in [4.69, 9.17) is 0 Å². The predicted molar refractivity (Wildman–Crippen MR) is 50.2 cm³/mol. The molecular formula is C10H13NO. The van der Waals surface area contributed by atoms with E-state index in [9.17, 15) is 4.79 Å². The summed E-state index contributed by atoms with van der Waals surface area (Å²) in [5, 5.41) is 0. The van der Waals surface area contributed by atoms with Gasteiger partial charge in [-0.1, -0.05) is 24.6 Å². The van der Waals surface area contributed by atoms with Gasteiger partial charge in [-0.25, -0.2) is 4.99 Å². The zero-order valence-electron chi connectivity index (χ0n) is 7.50. The van der Waals surface area contributed by atoms with Crippen LogP contribution in [0.25, 0.3) is 0 Å². The highest BCUT2D eigenvalue weighted by Gasteiger charge is 2.06. The second-order valence-electron chi connectivity index (χ2n) is 2.84. The lowest BCUT2D eigenvalue weighted by molar-refractivity contribution is -0.106. The van der Waals surface area contributed by atoms with Crippen LogP contribution in [0.5, 0.6) is 0 Å². The highest BCUT2D eigenvalue weighted by Crippen LogP contribution is 2.20. The van der Waals surface area contributed by atoms with Crippen molar-refractivity contribution in [1.29, 1.82) is 0 Å². The predicted octanol–water partition coefficient (Wildman–Crippen LogP) is 2.27. The highest BCUT2D eigenvalue weighted by atomic mass is 16.1. The van der Waals surface area contributed by atoms with E-state index in [0.29, 0.717) is 6.41 Å². The molecule has 0 heterocycles. The molecule has 0 N–H and O–H groups in total. The average molecular weight is 163 g/mol.